The van der Waals surface area contributed by atoms with Crippen LogP contribution in [0.4, 0.5) is 4.39 Å². The van der Waals surface area contributed by atoms with E-state index in [0.717, 1.165) is 33.6 Å². The SMILES string of the molecule is COCc1c(C(C)C)nc(C(C)C)c(/C=C/[C@@H](O)C[C@@H](O)CC(C)=O)c1-c1ccc(F)cc1. The van der Waals surface area contributed by atoms with Gasteiger partial charge in [0, 0.05) is 36.8 Å². The molecule has 180 valence electrons. The number of aromatic nitrogens is 1. The summed E-state index contributed by atoms with van der Waals surface area (Å²) in [5, 5.41) is 20.5. The Bertz CT molecular complexity index is 967. The van der Waals surface area contributed by atoms with Crippen molar-refractivity contribution in [1.29, 1.82) is 0 Å². The average Bonchev–Trinajstić information content (AvgIpc) is 2.72. The lowest BCUT2D eigenvalue weighted by Crippen LogP contribution is -2.18. The Morgan fingerprint density at radius 3 is 2.21 bits per heavy atom. The van der Waals surface area contributed by atoms with Crippen LogP contribution < -0.4 is 0 Å². The van der Waals surface area contributed by atoms with Crippen LogP contribution in [0.15, 0.2) is 30.3 Å². The van der Waals surface area contributed by atoms with Crippen molar-refractivity contribution in [2.75, 3.05) is 7.11 Å². The molecular formula is C27H36FNO4. The average molecular weight is 458 g/mol. The van der Waals surface area contributed by atoms with Crippen LogP contribution >= 0.6 is 0 Å². The molecule has 5 nitrogen and oxygen atoms in total. The standard InChI is InChI=1S/C27H36FNO4/c1-16(2)26-23(12-11-21(31)14-22(32)13-18(5)30)25(19-7-9-20(28)10-8-19)24(15-33-6)27(29-26)17(3)4/h7-12,16-17,21-22,31-32H,13-15H2,1-6H3/b12-11+/t21-,22+/m1/s1. The molecule has 0 aliphatic carbocycles. The minimum atomic E-state index is -0.934. The van der Waals surface area contributed by atoms with Crippen molar-refractivity contribution in [3.05, 3.63) is 58.7 Å². The normalized spacial score (nSPS) is 13.8. The minimum Gasteiger partial charge on any atom is -0.393 e. The number of aliphatic hydroxyl groups is 2. The van der Waals surface area contributed by atoms with Crippen molar-refractivity contribution in [2.45, 2.75) is 78.1 Å². The molecule has 0 saturated carbocycles. The van der Waals surface area contributed by atoms with Gasteiger partial charge in [0.15, 0.2) is 0 Å². The molecular weight excluding hydrogens is 421 g/mol. The van der Waals surface area contributed by atoms with Crippen molar-refractivity contribution in [3.8, 4) is 11.1 Å². The van der Waals surface area contributed by atoms with Crippen LogP contribution in [0.2, 0.25) is 0 Å². The third-order valence-electron chi connectivity index (χ3n) is 5.43. The van der Waals surface area contributed by atoms with Crippen LogP contribution in [0, 0.1) is 5.82 Å². The number of ketones is 1. The summed E-state index contributed by atoms with van der Waals surface area (Å²) < 4.78 is 19.2. The van der Waals surface area contributed by atoms with Gasteiger partial charge in [-0.3, -0.25) is 9.78 Å². The second-order valence-corrected chi connectivity index (χ2v) is 9.12. The number of ether oxygens (including phenoxy) is 1. The number of rotatable bonds is 11. The van der Waals surface area contributed by atoms with E-state index in [4.69, 9.17) is 9.72 Å². The molecule has 0 radical (unpaired) electrons. The predicted molar refractivity (Wildman–Crippen MR) is 129 cm³/mol. The molecule has 0 saturated heterocycles. The van der Waals surface area contributed by atoms with E-state index in [1.165, 1.54) is 19.1 Å². The molecule has 33 heavy (non-hydrogen) atoms. The molecule has 0 unspecified atom stereocenters. The molecule has 0 fully saturated rings. The fourth-order valence-electron chi connectivity index (χ4n) is 3.98. The summed E-state index contributed by atoms with van der Waals surface area (Å²) in [6.45, 7) is 10.0. The second kappa shape index (κ2) is 12.2. The summed E-state index contributed by atoms with van der Waals surface area (Å²) in [6.07, 6.45) is 1.65. The first kappa shape index (κ1) is 26.8. The zero-order valence-electron chi connectivity index (χ0n) is 20.4. The Hall–Kier alpha value is -2.41. The molecule has 2 N–H and O–H groups in total. The highest BCUT2D eigenvalue weighted by Gasteiger charge is 2.23. The quantitative estimate of drug-likeness (QED) is 0.473. The van der Waals surface area contributed by atoms with E-state index in [1.807, 2.05) is 6.08 Å². The molecule has 0 aliphatic heterocycles. The largest absolute Gasteiger partial charge is 0.393 e. The maximum absolute atomic E-state index is 13.7. The minimum absolute atomic E-state index is 0.00556. The lowest BCUT2D eigenvalue weighted by molar-refractivity contribution is -0.119. The van der Waals surface area contributed by atoms with E-state index in [2.05, 4.69) is 27.7 Å². The van der Waals surface area contributed by atoms with Crippen LogP contribution in [0.5, 0.6) is 0 Å². The Balaban J connectivity index is 2.69. The van der Waals surface area contributed by atoms with Gasteiger partial charge in [-0.1, -0.05) is 52.0 Å². The lowest BCUT2D eigenvalue weighted by atomic mass is 9.87. The summed E-state index contributed by atoms with van der Waals surface area (Å²) in [6, 6.07) is 6.33. The second-order valence-electron chi connectivity index (χ2n) is 9.12. The monoisotopic (exact) mass is 457 g/mol. The van der Waals surface area contributed by atoms with E-state index < -0.39 is 12.2 Å². The van der Waals surface area contributed by atoms with Gasteiger partial charge in [0.25, 0.3) is 0 Å². The summed E-state index contributed by atoms with van der Waals surface area (Å²) in [7, 11) is 1.63. The van der Waals surface area contributed by atoms with Crippen LogP contribution in [0.25, 0.3) is 17.2 Å². The Kier molecular flexibility index (Phi) is 9.89. The molecule has 1 aromatic heterocycles. The molecule has 1 aromatic carbocycles. The molecule has 6 heteroatoms. The third kappa shape index (κ3) is 7.29. The Morgan fingerprint density at radius 1 is 1.09 bits per heavy atom. The molecule has 1 heterocycles. The third-order valence-corrected chi connectivity index (χ3v) is 5.43. The number of carbonyl (C=O) groups excluding carboxylic acids is 1. The van der Waals surface area contributed by atoms with Crippen molar-refractivity contribution in [3.63, 3.8) is 0 Å². The predicted octanol–water partition coefficient (Wildman–Crippen LogP) is 5.39. The molecule has 2 aromatic rings. The summed E-state index contributed by atoms with van der Waals surface area (Å²) in [5.41, 5.74) is 5.27. The number of halogens is 1. The number of nitrogens with zero attached hydrogens (tertiary/aromatic N) is 1. The van der Waals surface area contributed by atoms with Crippen LogP contribution in [-0.2, 0) is 16.1 Å². The fourth-order valence-corrected chi connectivity index (χ4v) is 3.98. The zero-order valence-corrected chi connectivity index (χ0v) is 20.4. The van der Waals surface area contributed by atoms with Crippen LogP contribution in [-0.4, -0.2) is 40.3 Å². The number of benzene rings is 1. The van der Waals surface area contributed by atoms with Gasteiger partial charge in [0.1, 0.15) is 11.6 Å². The van der Waals surface area contributed by atoms with E-state index in [0.29, 0.717) is 6.61 Å². The topological polar surface area (TPSA) is 79.7 Å². The van der Waals surface area contributed by atoms with E-state index >= 15 is 0 Å². The summed E-state index contributed by atoms with van der Waals surface area (Å²) in [5.74, 6) is -0.200. The molecule has 2 atom stereocenters. The van der Waals surface area contributed by atoms with Gasteiger partial charge in [0.05, 0.1) is 24.5 Å². The molecule has 0 bridgehead atoms. The fraction of sp³-hybridized carbons (Fsp3) is 0.481. The van der Waals surface area contributed by atoms with Gasteiger partial charge in [-0.2, -0.15) is 0 Å². The van der Waals surface area contributed by atoms with Crippen LogP contribution in [0.1, 0.15) is 81.8 Å². The number of methoxy groups -OCH3 is 1. The Morgan fingerprint density at radius 2 is 1.70 bits per heavy atom. The van der Waals surface area contributed by atoms with Gasteiger partial charge < -0.3 is 14.9 Å². The molecule has 0 amide bonds. The van der Waals surface area contributed by atoms with Gasteiger partial charge in [-0.05, 0) is 42.0 Å². The number of hydrogen-bond acceptors (Lipinski definition) is 5. The first-order chi connectivity index (χ1) is 15.5. The number of carbonyl (C=O) groups is 1. The first-order valence-corrected chi connectivity index (χ1v) is 11.4. The number of Topliss-reactive ketones (excluding diaryl/α,β-unsaturated/α-hetero) is 1. The zero-order chi connectivity index (χ0) is 24.7. The highest BCUT2D eigenvalue weighted by Crippen LogP contribution is 2.37. The molecule has 0 aliphatic rings. The number of pyridine rings is 1. The Labute approximate surface area is 196 Å². The lowest BCUT2D eigenvalue weighted by Gasteiger charge is -2.23. The first-order valence-electron chi connectivity index (χ1n) is 11.4. The highest BCUT2D eigenvalue weighted by atomic mass is 19.1. The summed E-state index contributed by atoms with van der Waals surface area (Å²) >= 11 is 0. The number of aliphatic hydroxyl groups excluding tert-OH is 2. The van der Waals surface area contributed by atoms with E-state index in [-0.39, 0.29) is 36.3 Å². The van der Waals surface area contributed by atoms with E-state index in [9.17, 15) is 19.4 Å². The van der Waals surface area contributed by atoms with Crippen molar-refractivity contribution < 1.29 is 24.1 Å². The van der Waals surface area contributed by atoms with Crippen molar-refractivity contribution in [2.24, 2.45) is 0 Å². The maximum Gasteiger partial charge on any atom is 0.132 e. The van der Waals surface area contributed by atoms with Crippen LogP contribution in [0.3, 0.4) is 0 Å². The number of hydrogen-bond donors (Lipinski definition) is 2. The highest BCUT2D eigenvalue weighted by molar-refractivity contribution is 5.80. The smallest absolute Gasteiger partial charge is 0.132 e. The van der Waals surface area contributed by atoms with E-state index in [1.54, 1.807) is 25.3 Å². The van der Waals surface area contributed by atoms with Crippen molar-refractivity contribution >= 4 is 11.9 Å². The molecule has 2 rings (SSSR count). The van der Waals surface area contributed by atoms with Gasteiger partial charge in [-0.15, -0.1) is 0 Å². The summed E-state index contributed by atoms with van der Waals surface area (Å²) in [4.78, 5) is 16.2. The maximum atomic E-state index is 13.7. The van der Waals surface area contributed by atoms with Crippen molar-refractivity contribution in [1.82, 2.24) is 4.98 Å². The van der Waals surface area contributed by atoms with Gasteiger partial charge in [0.2, 0.25) is 0 Å². The molecule has 0 spiro atoms. The van der Waals surface area contributed by atoms with Gasteiger partial charge >= 0.3 is 0 Å². The van der Waals surface area contributed by atoms with Gasteiger partial charge in [-0.25, -0.2) is 4.39 Å².